The van der Waals surface area contributed by atoms with Gasteiger partial charge < -0.3 is 14.5 Å². The van der Waals surface area contributed by atoms with Crippen molar-refractivity contribution in [2.24, 2.45) is 61.8 Å². The van der Waals surface area contributed by atoms with Crippen LogP contribution in [-0.4, -0.2) is 29.5 Å². The highest BCUT2D eigenvalue weighted by atomic mass is 31.0. The van der Waals surface area contributed by atoms with Crippen LogP contribution in [0.2, 0.25) is 0 Å². The van der Waals surface area contributed by atoms with Gasteiger partial charge in [-0.05, 0) is 123 Å². The van der Waals surface area contributed by atoms with E-state index < -0.39 is 11.4 Å². The fraction of sp³-hybridized carbons (Fsp3) is 0.935. The number of carboxylic acid groups (broad SMARTS) is 1. The molecule has 37 heavy (non-hydrogen) atoms. The highest BCUT2D eigenvalue weighted by Crippen LogP contribution is 2.77. The number of oxime groups is 1. The van der Waals surface area contributed by atoms with Crippen molar-refractivity contribution in [2.45, 2.75) is 119 Å². The second-order valence-corrected chi connectivity index (χ2v) is 15.2. The van der Waals surface area contributed by atoms with Crippen LogP contribution in [0.4, 0.5) is 0 Å². The molecule has 5 rings (SSSR count). The first-order chi connectivity index (χ1) is 17.3. The molecule has 0 aromatic carbocycles. The van der Waals surface area contributed by atoms with Crippen LogP contribution >= 0.6 is 9.47 Å². The van der Waals surface area contributed by atoms with E-state index in [9.17, 15) is 9.90 Å². The van der Waals surface area contributed by atoms with Gasteiger partial charge in [-0.25, -0.2) is 0 Å². The van der Waals surface area contributed by atoms with Crippen molar-refractivity contribution in [3.63, 3.8) is 0 Å². The maximum atomic E-state index is 13.0. The van der Waals surface area contributed by atoms with E-state index in [-0.39, 0.29) is 28.1 Å². The van der Waals surface area contributed by atoms with Crippen LogP contribution in [0.25, 0.3) is 0 Å². The third-order valence-electron chi connectivity index (χ3n) is 13.8. The number of rotatable bonds is 5. The van der Waals surface area contributed by atoms with Gasteiger partial charge in [-0.1, -0.05) is 39.8 Å². The summed E-state index contributed by atoms with van der Waals surface area (Å²) in [5.74, 6) is 1.59. The van der Waals surface area contributed by atoms with Gasteiger partial charge in [-0.15, -0.1) is 0 Å². The van der Waals surface area contributed by atoms with E-state index in [1.165, 1.54) is 25.7 Å². The minimum absolute atomic E-state index is 0.153. The number of aliphatic carboxylic acids is 1. The Morgan fingerprint density at radius 1 is 0.919 bits per heavy atom. The lowest BCUT2D eigenvalue weighted by molar-refractivity contribution is -0.245. The van der Waals surface area contributed by atoms with E-state index in [0.717, 1.165) is 44.2 Å². The molecule has 0 radical (unpaired) electrons. The van der Waals surface area contributed by atoms with Gasteiger partial charge in [0.15, 0.2) is 0 Å². The van der Waals surface area contributed by atoms with Crippen LogP contribution < -0.4 is 0 Å². The number of fused-ring (bicyclic) bond motifs is 7. The maximum Gasteiger partial charge on any atom is 0.309 e. The quantitative estimate of drug-likeness (QED) is 0.223. The van der Waals surface area contributed by atoms with Gasteiger partial charge >= 0.3 is 5.97 Å². The molecule has 0 heterocycles. The molecule has 5 aliphatic rings. The Morgan fingerprint density at radius 2 is 1.65 bits per heavy atom. The summed E-state index contributed by atoms with van der Waals surface area (Å²) in [7, 11) is 2.55. The Morgan fingerprint density at radius 3 is 2.30 bits per heavy atom. The first kappa shape index (κ1) is 27.9. The minimum Gasteiger partial charge on any atom is -0.481 e. The predicted octanol–water partition coefficient (Wildman–Crippen LogP) is 7.74. The zero-order chi connectivity index (χ0) is 27.0. The van der Waals surface area contributed by atoms with E-state index in [1.807, 2.05) is 6.92 Å². The molecule has 0 spiro atoms. The second kappa shape index (κ2) is 9.18. The molecule has 11 atom stereocenters. The molecule has 1 N–H and O–H groups in total. The molecule has 210 valence electrons. The average molecular weight is 534 g/mol. The third-order valence-corrected chi connectivity index (χ3v) is 14.2. The zero-order valence-electron chi connectivity index (χ0n) is 24.4. The topological polar surface area (TPSA) is 68.1 Å². The van der Waals surface area contributed by atoms with Crippen molar-refractivity contribution in [1.82, 2.24) is 0 Å². The van der Waals surface area contributed by atoms with Crippen molar-refractivity contribution in [1.29, 1.82) is 0 Å². The molecule has 0 amide bonds. The molecule has 5 fully saturated rings. The van der Waals surface area contributed by atoms with Crippen LogP contribution in [0.15, 0.2) is 5.16 Å². The third kappa shape index (κ3) is 3.61. The summed E-state index contributed by atoms with van der Waals surface area (Å²) in [5.41, 5.74) is 1.28. The van der Waals surface area contributed by atoms with Crippen LogP contribution in [0.5, 0.6) is 0 Å². The number of nitrogens with zero attached hydrogens (tertiary/aromatic N) is 1. The van der Waals surface area contributed by atoms with Crippen LogP contribution in [0.1, 0.15) is 113 Å². The van der Waals surface area contributed by atoms with Gasteiger partial charge in [0.2, 0.25) is 0 Å². The lowest BCUT2D eigenvalue weighted by Gasteiger charge is -2.72. The molecule has 5 unspecified atom stereocenters. The van der Waals surface area contributed by atoms with E-state index in [4.69, 9.17) is 9.36 Å². The van der Waals surface area contributed by atoms with Crippen LogP contribution in [-0.2, 0) is 14.2 Å². The summed E-state index contributed by atoms with van der Waals surface area (Å²) in [6.45, 7) is 17.3. The first-order valence-corrected chi connectivity index (χ1v) is 15.6. The highest BCUT2D eigenvalue weighted by Gasteiger charge is 2.72. The molecule has 5 aliphatic carbocycles. The van der Waals surface area contributed by atoms with Gasteiger partial charge in [-0.3, -0.25) is 4.79 Å². The number of carboxylic acids is 1. The predicted molar refractivity (Wildman–Crippen MR) is 151 cm³/mol. The summed E-state index contributed by atoms with van der Waals surface area (Å²) >= 11 is 0. The second-order valence-electron chi connectivity index (χ2n) is 14.9. The standard InChI is InChI=1S/C31H52NO4P/c1-8-35-32-19(2)20-11-16-31(26(33)34)18-17-29(6)21(25(20)31)9-10-23-28(5)14-13-24(36-37)27(3,4)22(28)12-15-30(23,29)7/h20-25H,8-18,37H2,1-7H3,(H,33,34)/b32-19-/t20-,21?,22?,23?,24-,25?,28-,29+,30+,31-/m0/s1. The Balaban J connectivity index is 1.54. The molecule has 5 nitrogen and oxygen atoms in total. The summed E-state index contributed by atoms with van der Waals surface area (Å²) in [5, 5.41) is 15.1. The Labute approximate surface area is 227 Å². The summed E-state index contributed by atoms with van der Waals surface area (Å²) in [4.78, 5) is 18.5. The molecular weight excluding hydrogens is 481 g/mol. The molecule has 6 heteroatoms. The SMILES string of the molecule is CCO/N=C(/C)[C@@H]1CC[C@]2(C(=O)O)CC[C@]3(C)C(CCC4[C@@]5(C)CC[C@H](OP)C(C)(C)C5CC[C@]43C)C12. The lowest BCUT2D eigenvalue weighted by Crippen LogP contribution is -2.67. The van der Waals surface area contributed by atoms with E-state index in [1.54, 1.807) is 0 Å². The van der Waals surface area contributed by atoms with Crippen molar-refractivity contribution in [3.8, 4) is 0 Å². The fourth-order valence-corrected chi connectivity index (χ4v) is 12.4. The van der Waals surface area contributed by atoms with Crippen molar-refractivity contribution in [3.05, 3.63) is 0 Å². The van der Waals surface area contributed by atoms with Crippen LogP contribution in [0.3, 0.4) is 0 Å². The van der Waals surface area contributed by atoms with Gasteiger partial charge in [0.25, 0.3) is 0 Å². The molecule has 0 aromatic heterocycles. The normalized spacial score (nSPS) is 50.9. The van der Waals surface area contributed by atoms with Gasteiger partial charge in [0.1, 0.15) is 6.61 Å². The summed E-state index contributed by atoms with van der Waals surface area (Å²) < 4.78 is 5.95. The summed E-state index contributed by atoms with van der Waals surface area (Å²) in [6.07, 6.45) is 11.2. The van der Waals surface area contributed by atoms with Crippen molar-refractivity contribution >= 4 is 21.1 Å². The van der Waals surface area contributed by atoms with Crippen LogP contribution in [0, 0.1) is 56.7 Å². The molecule has 0 aliphatic heterocycles. The van der Waals surface area contributed by atoms with Crippen molar-refractivity contribution in [2.75, 3.05) is 6.61 Å². The Kier molecular flexibility index (Phi) is 6.92. The van der Waals surface area contributed by atoms with Gasteiger partial charge in [-0.2, -0.15) is 0 Å². The van der Waals surface area contributed by atoms with E-state index in [0.29, 0.717) is 35.9 Å². The lowest BCUT2D eigenvalue weighted by atomic mass is 9.32. The average Bonchev–Trinajstić information content (AvgIpc) is 3.24. The number of hydrogen-bond donors (Lipinski definition) is 1. The summed E-state index contributed by atoms with van der Waals surface area (Å²) in [6, 6.07) is 0. The highest BCUT2D eigenvalue weighted by molar-refractivity contribution is 7.09. The molecular formula is C31H52NO4P. The molecule has 0 saturated heterocycles. The maximum absolute atomic E-state index is 13.0. The monoisotopic (exact) mass is 533 g/mol. The number of hydrogen-bond acceptors (Lipinski definition) is 4. The Hall–Kier alpha value is -0.670. The smallest absolute Gasteiger partial charge is 0.309 e. The van der Waals surface area contributed by atoms with E-state index in [2.05, 4.69) is 56.2 Å². The fourth-order valence-electron chi connectivity index (χ4n) is 11.9. The minimum atomic E-state index is -0.599. The van der Waals surface area contributed by atoms with E-state index >= 15 is 0 Å². The molecule has 0 aromatic rings. The van der Waals surface area contributed by atoms with Gasteiger partial charge in [0, 0.05) is 15.4 Å². The molecule has 5 saturated carbocycles. The number of carbonyl (C=O) groups is 1. The Bertz CT molecular complexity index is 951. The zero-order valence-corrected chi connectivity index (χ0v) is 25.6. The first-order valence-electron chi connectivity index (χ1n) is 15.1. The largest absolute Gasteiger partial charge is 0.481 e. The van der Waals surface area contributed by atoms with Gasteiger partial charge in [0.05, 0.1) is 17.2 Å². The molecule has 0 bridgehead atoms. The van der Waals surface area contributed by atoms with Crippen molar-refractivity contribution < 1.29 is 19.3 Å².